The van der Waals surface area contributed by atoms with Crippen LogP contribution in [0.4, 0.5) is 0 Å². The van der Waals surface area contributed by atoms with Crippen molar-refractivity contribution in [2.45, 2.75) is 44.6 Å². The fraction of sp³-hybridized carbons (Fsp3) is 0.727. The number of isocyanates is 1. The van der Waals surface area contributed by atoms with E-state index in [-0.39, 0.29) is 0 Å². The van der Waals surface area contributed by atoms with E-state index in [0.717, 1.165) is 37.1 Å². The van der Waals surface area contributed by atoms with E-state index in [2.05, 4.69) is 15.3 Å². The van der Waals surface area contributed by atoms with E-state index < -0.39 is 5.54 Å². The second-order valence-corrected chi connectivity index (χ2v) is 4.44. The molecule has 1 aromatic rings. The summed E-state index contributed by atoms with van der Waals surface area (Å²) in [5.41, 5.74) is 1.37. The second-order valence-electron chi connectivity index (χ2n) is 4.44. The molecule has 1 heterocycles. The minimum Gasteiger partial charge on any atom is -0.252 e. The number of hydrogen-bond donors (Lipinski definition) is 0. The topological polar surface area (TPSA) is 60.1 Å². The molecule has 0 aromatic carbocycles. The molecule has 0 saturated heterocycles. The molecule has 0 radical (unpaired) electrons. The quantitative estimate of drug-likeness (QED) is 0.562. The maximum absolute atomic E-state index is 10.6. The lowest BCUT2D eigenvalue weighted by atomic mass is 9.79. The van der Waals surface area contributed by atoms with Gasteiger partial charge in [-0.15, -0.1) is 5.10 Å². The van der Waals surface area contributed by atoms with Crippen LogP contribution < -0.4 is 0 Å². The number of hydrogen-bond acceptors (Lipinski definition) is 4. The summed E-state index contributed by atoms with van der Waals surface area (Å²) in [4.78, 5) is 14.7. The normalized spacial score (nSPS) is 19.1. The third kappa shape index (κ3) is 1.67. The molecule has 0 N–H and O–H groups in total. The SMILES string of the molecule is Cc1c(C2(N=C=O)CCCCC2)nnn1C. The average Bonchev–Trinajstić information content (AvgIpc) is 2.62. The number of aliphatic imine (C=N–C) groups is 1. The Morgan fingerprint density at radius 2 is 2.06 bits per heavy atom. The van der Waals surface area contributed by atoms with Crippen LogP contribution in [0.3, 0.4) is 0 Å². The molecule has 1 aromatic heterocycles. The fourth-order valence-corrected chi connectivity index (χ4v) is 2.46. The van der Waals surface area contributed by atoms with E-state index >= 15 is 0 Å². The lowest BCUT2D eigenvalue weighted by Crippen LogP contribution is -2.28. The van der Waals surface area contributed by atoms with Gasteiger partial charge in [-0.2, -0.15) is 4.99 Å². The first kappa shape index (κ1) is 11.0. The lowest BCUT2D eigenvalue weighted by molar-refractivity contribution is 0.295. The summed E-state index contributed by atoms with van der Waals surface area (Å²) in [7, 11) is 1.85. The fourth-order valence-electron chi connectivity index (χ4n) is 2.46. The van der Waals surface area contributed by atoms with E-state index in [1.54, 1.807) is 10.8 Å². The van der Waals surface area contributed by atoms with Crippen LogP contribution in [0.1, 0.15) is 43.5 Å². The van der Waals surface area contributed by atoms with Gasteiger partial charge >= 0.3 is 0 Å². The Balaban J connectivity index is 2.46. The first-order chi connectivity index (χ1) is 7.69. The van der Waals surface area contributed by atoms with Crippen LogP contribution in [-0.2, 0) is 17.4 Å². The minimum absolute atomic E-state index is 0.460. The van der Waals surface area contributed by atoms with E-state index in [0.29, 0.717) is 0 Å². The molecule has 86 valence electrons. The highest BCUT2D eigenvalue weighted by atomic mass is 16.1. The van der Waals surface area contributed by atoms with Gasteiger partial charge in [0.25, 0.3) is 0 Å². The van der Waals surface area contributed by atoms with Gasteiger partial charge in [0.2, 0.25) is 6.08 Å². The van der Waals surface area contributed by atoms with Crippen molar-refractivity contribution >= 4 is 6.08 Å². The largest absolute Gasteiger partial charge is 0.252 e. The molecule has 0 atom stereocenters. The van der Waals surface area contributed by atoms with Crippen molar-refractivity contribution in [3.8, 4) is 0 Å². The van der Waals surface area contributed by atoms with Crippen LogP contribution in [0.15, 0.2) is 4.99 Å². The van der Waals surface area contributed by atoms with Crippen molar-refractivity contribution in [3.63, 3.8) is 0 Å². The molecule has 0 spiro atoms. The van der Waals surface area contributed by atoms with Gasteiger partial charge in [-0.3, -0.25) is 4.68 Å². The van der Waals surface area contributed by atoms with Gasteiger partial charge < -0.3 is 0 Å². The summed E-state index contributed by atoms with van der Waals surface area (Å²) in [6, 6.07) is 0. The van der Waals surface area contributed by atoms with Crippen LogP contribution in [-0.4, -0.2) is 21.1 Å². The molecule has 0 unspecified atom stereocenters. The maximum atomic E-state index is 10.6. The van der Waals surface area contributed by atoms with E-state index in [9.17, 15) is 4.79 Å². The lowest BCUT2D eigenvalue weighted by Gasteiger charge is -2.30. The number of nitrogens with zero attached hydrogens (tertiary/aromatic N) is 4. The van der Waals surface area contributed by atoms with Gasteiger partial charge in [0.15, 0.2) is 0 Å². The first-order valence-corrected chi connectivity index (χ1v) is 5.65. The molecule has 1 fully saturated rings. The molecular weight excluding hydrogens is 204 g/mol. The smallest absolute Gasteiger partial charge is 0.235 e. The minimum atomic E-state index is -0.460. The maximum Gasteiger partial charge on any atom is 0.235 e. The zero-order chi connectivity index (χ0) is 11.6. The van der Waals surface area contributed by atoms with Gasteiger partial charge in [-0.05, 0) is 19.8 Å². The monoisotopic (exact) mass is 220 g/mol. The Kier molecular flexibility index (Phi) is 2.88. The molecule has 0 aliphatic heterocycles. The Bertz CT molecular complexity index is 425. The third-order valence-electron chi connectivity index (χ3n) is 3.49. The van der Waals surface area contributed by atoms with Crippen molar-refractivity contribution < 1.29 is 4.79 Å². The predicted octanol–water partition coefficient (Wildman–Crippen LogP) is 1.62. The second kappa shape index (κ2) is 4.18. The van der Waals surface area contributed by atoms with Crippen molar-refractivity contribution in [2.75, 3.05) is 0 Å². The molecule has 1 aliphatic rings. The molecule has 1 saturated carbocycles. The summed E-state index contributed by atoms with van der Waals surface area (Å²) >= 11 is 0. The van der Waals surface area contributed by atoms with Gasteiger partial charge in [-0.25, -0.2) is 4.79 Å². The summed E-state index contributed by atoms with van der Waals surface area (Å²) in [5.74, 6) is 0. The molecule has 5 heteroatoms. The molecule has 1 aliphatic carbocycles. The molecule has 0 amide bonds. The van der Waals surface area contributed by atoms with E-state index in [1.165, 1.54) is 6.42 Å². The van der Waals surface area contributed by atoms with Gasteiger partial charge in [0.05, 0.1) is 5.69 Å². The van der Waals surface area contributed by atoms with Gasteiger partial charge in [0, 0.05) is 7.05 Å². The van der Waals surface area contributed by atoms with Crippen molar-refractivity contribution in [1.82, 2.24) is 15.0 Å². The Hall–Kier alpha value is -1.48. The molecule has 5 nitrogen and oxygen atoms in total. The van der Waals surface area contributed by atoms with Crippen molar-refractivity contribution in [3.05, 3.63) is 11.4 Å². The van der Waals surface area contributed by atoms with Crippen LogP contribution in [0.5, 0.6) is 0 Å². The first-order valence-electron chi connectivity index (χ1n) is 5.65. The Morgan fingerprint density at radius 3 is 2.56 bits per heavy atom. The zero-order valence-corrected chi connectivity index (χ0v) is 9.73. The number of rotatable bonds is 2. The van der Waals surface area contributed by atoms with Crippen molar-refractivity contribution in [1.29, 1.82) is 0 Å². The third-order valence-corrected chi connectivity index (χ3v) is 3.49. The number of aryl methyl sites for hydroxylation is 1. The van der Waals surface area contributed by atoms with Gasteiger partial charge in [0.1, 0.15) is 11.2 Å². The highest BCUT2D eigenvalue weighted by Gasteiger charge is 2.38. The molecule has 2 rings (SSSR count). The Morgan fingerprint density at radius 1 is 1.38 bits per heavy atom. The summed E-state index contributed by atoms with van der Waals surface area (Å²) in [5, 5.41) is 8.17. The molecule has 0 bridgehead atoms. The number of carbonyl (C=O) groups excluding carboxylic acids is 1. The van der Waals surface area contributed by atoms with Crippen molar-refractivity contribution in [2.24, 2.45) is 12.0 Å². The zero-order valence-electron chi connectivity index (χ0n) is 9.73. The van der Waals surface area contributed by atoms with Crippen LogP contribution in [0.25, 0.3) is 0 Å². The summed E-state index contributed by atoms with van der Waals surface area (Å²) in [6.45, 7) is 1.96. The van der Waals surface area contributed by atoms with Crippen LogP contribution >= 0.6 is 0 Å². The molecular formula is C11H16N4O. The highest BCUT2D eigenvalue weighted by molar-refractivity contribution is 5.37. The van der Waals surface area contributed by atoms with Crippen LogP contribution in [0, 0.1) is 6.92 Å². The van der Waals surface area contributed by atoms with E-state index in [4.69, 9.17) is 0 Å². The van der Waals surface area contributed by atoms with E-state index in [1.807, 2.05) is 14.0 Å². The number of aromatic nitrogens is 3. The summed E-state index contributed by atoms with van der Waals surface area (Å²) in [6.07, 6.45) is 6.84. The average molecular weight is 220 g/mol. The highest BCUT2D eigenvalue weighted by Crippen LogP contribution is 2.40. The predicted molar refractivity (Wildman–Crippen MR) is 58.6 cm³/mol. The standard InChI is InChI=1S/C11H16N4O/c1-9-10(13-14-15(9)2)11(12-8-16)6-4-3-5-7-11/h3-7H2,1-2H3. The summed E-state index contributed by atoms with van der Waals surface area (Å²) < 4.78 is 1.73. The van der Waals surface area contributed by atoms with Crippen LogP contribution in [0.2, 0.25) is 0 Å². The molecule has 16 heavy (non-hydrogen) atoms. The Labute approximate surface area is 94.6 Å². The van der Waals surface area contributed by atoms with Gasteiger partial charge in [-0.1, -0.05) is 24.5 Å².